The van der Waals surface area contributed by atoms with Crippen LogP contribution < -0.4 is 0 Å². The van der Waals surface area contributed by atoms with Gasteiger partial charge in [0.1, 0.15) is 0 Å². The second-order valence-electron chi connectivity index (χ2n) is 7.76. The van der Waals surface area contributed by atoms with Crippen molar-refractivity contribution in [1.82, 2.24) is 0 Å². The molecule has 3 aromatic carbocycles. The SMILES string of the molecule is CCC1=C(C(/C=C/c2ccccc2)c2ccccc2)C(C)c2cc(C)ccc21. The lowest BCUT2D eigenvalue weighted by atomic mass is 9.82. The Morgan fingerprint density at radius 2 is 1.57 bits per heavy atom. The van der Waals surface area contributed by atoms with Crippen molar-refractivity contribution in [3.05, 3.63) is 118 Å². The van der Waals surface area contributed by atoms with E-state index < -0.39 is 0 Å². The first-order valence-electron chi connectivity index (χ1n) is 10.3. The van der Waals surface area contributed by atoms with Crippen LogP contribution in [-0.4, -0.2) is 0 Å². The lowest BCUT2D eigenvalue weighted by Crippen LogP contribution is -2.05. The van der Waals surface area contributed by atoms with Crippen LogP contribution in [0, 0.1) is 6.92 Å². The van der Waals surface area contributed by atoms with Gasteiger partial charge in [-0.2, -0.15) is 0 Å². The van der Waals surface area contributed by atoms with Gasteiger partial charge in [-0.3, -0.25) is 0 Å². The molecule has 28 heavy (non-hydrogen) atoms. The molecule has 2 atom stereocenters. The Balaban J connectivity index is 1.83. The Kier molecular flexibility index (Phi) is 5.30. The summed E-state index contributed by atoms with van der Waals surface area (Å²) in [5, 5.41) is 0. The molecule has 0 spiro atoms. The molecular formula is C28H28. The smallest absolute Gasteiger partial charge is 0.0243 e. The maximum absolute atomic E-state index is 2.39. The summed E-state index contributed by atoms with van der Waals surface area (Å²) >= 11 is 0. The molecule has 0 N–H and O–H groups in total. The van der Waals surface area contributed by atoms with Crippen LogP contribution in [0.2, 0.25) is 0 Å². The van der Waals surface area contributed by atoms with Crippen LogP contribution >= 0.6 is 0 Å². The zero-order valence-electron chi connectivity index (χ0n) is 17.0. The minimum Gasteiger partial charge on any atom is -0.0723 e. The van der Waals surface area contributed by atoms with E-state index in [1.54, 1.807) is 5.57 Å². The Labute approximate surface area is 169 Å². The van der Waals surface area contributed by atoms with Crippen LogP contribution in [0.25, 0.3) is 11.6 Å². The first kappa shape index (κ1) is 18.5. The molecule has 0 aromatic heterocycles. The molecule has 0 fully saturated rings. The number of rotatable bonds is 5. The van der Waals surface area contributed by atoms with Crippen LogP contribution in [0.1, 0.15) is 59.9 Å². The number of allylic oxidation sites excluding steroid dienone is 3. The predicted molar refractivity (Wildman–Crippen MR) is 121 cm³/mol. The van der Waals surface area contributed by atoms with Crippen molar-refractivity contribution in [2.45, 2.75) is 39.0 Å². The summed E-state index contributed by atoms with van der Waals surface area (Å²) in [5.74, 6) is 0.731. The Bertz CT molecular complexity index is 1010. The van der Waals surface area contributed by atoms with Crippen LogP contribution in [0.4, 0.5) is 0 Å². The van der Waals surface area contributed by atoms with Gasteiger partial charge < -0.3 is 0 Å². The van der Waals surface area contributed by atoms with Gasteiger partial charge in [0.2, 0.25) is 0 Å². The fourth-order valence-electron chi connectivity index (χ4n) is 4.58. The first-order valence-corrected chi connectivity index (χ1v) is 10.3. The van der Waals surface area contributed by atoms with E-state index in [1.165, 1.54) is 33.4 Å². The van der Waals surface area contributed by atoms with Gasteiger partial charge in [0, 0.05) is 11.8 Å². The molecule has 0 saturated carbocycles. The largest absolute Gasteiger partial charge is 0.0723 e. The van der Waals surface area contributed by atoms with Crippen molar-refractivity contribution < 1.29 is 0 Å². The Morgan fingerprint density at radius 1 is 0.893 bits per heavy atom. The zero-order valence-corrected chi connectivity index (χ0v) is 17.0. The summed E-state index contributed by atoms with van der Waals surface area (Å²) in [4.78, 5) is 0. The third-order valence-electron chi connectivity index (χ3n) is 5.94. The second-order valence-corrected chi connectivity index (χ2v) is 7.76. The topological polar surface area (TPSA) is 0 Å². The van der Waals surface area contributed by atoms with Crippen LogP contribution in [0.15, 0.2) is 90.5 Å². The molecule has 2 unspecified atom stereocenters. The molecule has 0 radical (unpaired) electrons. The van der Waals surface area contributed by atoms with Crippen LogP contribution in [0.5, 0.6) is 0 Å². The van der Waals surface area contributed by atoms with Gasteiger partial charge in [0.15, 0.2) is 0 Å². The maximum atomic E-state index is 2.39. The van der Waals surface area contributed by atoms with Crippen molar-refractivity contribution >= 4 is 11.6 Å². The third-order valence-corrected chi connectivity index (χ3v) is 5.94. The number of hydrogen-bond donors (Lipinski definition) is 0. The molecule has 0 nitrogen and oxygen atoms in total. The predicted octanol–water partition coefficient (Wildman–Crippen LogP) is 7.77. The zero-order chi connectivity index (χ0) is 19.5. The molecule has 4 rings (SSSR count). The minimum absolute atomic E-state index is 0.291. The van der Waals surface area contributed by atoms with Crippen molar-refractivity contribution in [2.75, 3.05) is 0 Å². The Morgan fingerprint density at radius 3 is 2.25 bits per heavy atom. The molecule has 0 aliphatic heterocycles. The van der Waals surface area contributed by atoms with E-state index in [4.69, 9.17) is 0 Å². The molecule has 1 aliphatic rings. The highest BCUT2D eigenvalue weighted by Gasteiger charge is 2.31. The summed E-state index contributed by atoms with van der Waals surface area (Å²) in [6.07, 6.45) is 5.74. The minimum atomic E-state index is 0.291. The summed E-state index contributed by atoms with van der Waals surface area (Å²) in [7, 11) is 0. The van der Waals surface area contributed by atoms with E-state index in [0.717, 1.165) is 6.42 Å². The number of benzene rings is 3. The van der Waals surface area contributed by atoms with Crippen LogP contribution in [0.3, 0.4) is 0 Å². The van der Waals surface area contributed by atoms with Gasteiger partial charge in [-0.1, -0.05) is 110 Å². The highest BCUT2D eigenvalue weighted by Crippen LogP contribution is 2.49. The molecule has 0 heteroatoms. The molecule has 140 valence electrons. The number of hydrogen-bond acceptors (Lipinski definition) is 0. The number of fused-ring (bicyclic) bond motifs is 1. The van der Waals surface area contributed by atoms with Gasteiger partial charge >= 0.3 is 0 Å². The van der Waals surface area contributed by atoms with Gasteiger partial charge in [-0.25, -0.2) is 0 Å². The molecule has 0 heterocycles. The van der Waals surface area contributed by atoms with E-state index in [2.05, 4.69) is 112 Å². The van der Waals surface area contributed by atoms with Crippen molar-refractivity contribution in [3.8, 4) is 0 Å². The lowest BCUT2D eigenvalue weighted by molar-refractivity contribution is 0.822. The average molecular weight is 365 g/mol. The fraction of sp³-hybridized carbons (Fsp3) is 0.214. The molecular weight excluding hydrogens is 336 g/mol. The molecule has 0 saturated heterocycles. The van der Waals surface area contributed by atoms with Gasteiger partial charge in [0.05, 0.1) is 0 Å². The van der Waals surface area contributed by atoms with Crippen molar-refractivity contribution in [1.29, 1.82) is 0 Å². The third kappa shape index (κ3) is 3.47. The number of aryl methyl sites for hydroxylation is 1. The summed E-state index contributed by atoms with van der Waals surface area (Å²) in [6, 6.07) is 28.5. The summed E-state index contributed by atoms with van der Waals surface area (Å²) in [5.41, 5.74) is 9.98. The first-order chi connectivity index (χ1) is 13.7. The lowest BCUT2D eigenvalue weighted by Gasteiger charge is -2.22. The average Bonchev–Trinajstić information content (AvgIpc) is 3.01. The van der Waals surface area contributed by atoms with Crippen molar-refractivity contribution in [3.63, 3.8) is 0 Å². The van der Waals surface area contributed by atoms with E-state index in [9.17, 15) is 0 Å². The van der Waals surface area contributed by atoms with E-state index in [-0.39, 0.29) is 0 Å². The van der Waals surface area contributed by atoms with E-state index in [1.807, 2.05) is 0 Å². The highest BCUT2D eigenvalue weighted by atomic mass is 14.4. The molecule has 1 aliphatic carbocycles. The molecule has 3 aromatic rings. The standard InChI is InChI=1S/C28H28/c1-4-24-26-17-15-20(2)19-27(26)21(3)28(24)25(23-13-9-6-10-14-23)18-16-22-11-7-5-8-12-22/h5-19,21,25H,4H2,1-3H3/b18-16+. The van der Waals surface area contributed by atoms with Gasteiger partial charge in [-0.05, 0) is 46.7 Å². The fourth-order valence-corrected chi connectivity index (χ4v) is 4.58. The highest BCUT2D eigenvalue weighted by molar-refractivity contribution is 5.80. The van der Waals surface area contributed by atoms with Gasteiger partial charge in [0.25, 0.3) is 0 Å². The van der Waals surface area contributed by atoms with Gasteiger partial charge in [-0.15, -0.1) is 0 Å². The monoisotopic (exact) mass is 364 g/mol. The normalized spacial score (nSPS) is 17.2. The Hall–Kier alpha value is -2.86. The molecule has 0 bridgehead atoms. The quantitative estimate of drug-likeness (QED) is 0.434. The van der Waals surface area contributed by atoms with E-state index >= 15 is 0 Å². The summed E-state index contributed by atoms with van der Waals surface area (Å²) in [6.45, 7) is 6.86. The van der Waals surface area contributed by atoms with Crippen LogP contribution in [-0.2, 0) is 0 Å². The van der Waals surface area contributed by atoms with E-state index in [0.29, 0.717) is 11.8 Å². The second kappa shape index (κ2) is 8.02. The molecule has 0 amide bonds. The van der Waals surface area contributed by atoms with Crippen molar-refractivity contribution in [2.24, 2.45) is 0 Å². The maximum Gasteiger partial charge on any atom is 0.0243 e. The summed E-state index contributed by atoms with van der Waals surface area (Å²) < 4.78 is 0.